The van der Waals surface area contributed by atoms with Crippen LogP contribution in [0.2, 0.25) is 0 Å². The number of rotatable bonds is 5. The number of phenolic OH excluding ortho intramolecular Hbond substituents is 5. The second kappa shape index (κ2) is 9.40. The number of aromatic hydroxyl groups is 5. The van der Waals surface area contributed by atoms with Crippen molar-refractivity contribution in [2.75, 3.05) is 0 Å². The van der Waals surface area contributed by atoms with Crippen LogP contribution in [0, 0.1) is 0 Å². The number of phenols is 5. The summed E-state index contributed by atoms with van der Waals surface area (Å²) in [4.78, 5) is 23.8. The highest BCUT2D eigenvalue weighted by Crippen LogP contribution is 2.40. The summed E-state index contributed by atoms with van der Waals surface area (Å²) >= 11 is 0. The molecule has 162 valence electrons. The molecule has 3 aromatic rings. The van der Waals surface area contributed by atoms with Gasteiger partial charge < -0.3 is 30.3 Å². The van der Waals surface area contributed by atoms with Crippen LogP contribution >= 0.6 is 0 Å². The third-order valence-electron chi connectivity index (χ3n) is 4.36. The summed E-state index contributed by atoms with van der Waals surface area (Å²) in [6.07, 6.45) is 4.55. The lowest BCUT2D eigenvalue weighted by atomic mass is 9.97. The Bertz CT molecular complexity index is 1220. The molecule has 0 aliphatic rings. The second-order valence-electron chi connectivity index (χ2n) is 6.60. The van der Waals surface area contributed by atoms with E-state index in [1.807, 2.05) is 0 Å². The van der Waals surface area contributed by atoms with Gasteiger partial charge >= 0.3 is 11.9 Å². The molecular weight excluding hydrogens is 416 g/mol. The zero-order valence-electron chi connectivity index (χ0n) is 16.5. The number of carbonyl (C=O) groups is 2. The molecule has 0 aromatic heterocycles. The highest BCUT2D eigenvalue weighted by molar-refractivity contribution is 6.00. The van der Waals surface area contributed by atoms with E-state index in [1.165, 1.54) is 66.7 Å². The van der Waals surface area contributed by atoms with E-state index in [4.69, 9.17) is 0 Å². The van der Waals surface area contributed by atoms with E-state index < -0.39 is 17.7 Å². The van der Waals surface area contributed by atoms with Gasteiger partial charge in [0.15, 0.2) is 23.0 Å². The Morgan fingerprint density at radius 2 is 1.31 bits per heavy atom. The van der Waals surface area contributed by atoms with Crippen LogP contribution in [0.15, 0.2) is 66.7 Å². The average Bonchev–Trinajstić information content (AvgIpc) is 2.76. The van der Waals surface area contributed by atoms with Crippen LogP contribution in [0.25, 0.3) is 23.3 Å². The van der Waals surface area contributed by atoms with Crippen LogP contribution in [0.5, 0.6) is 28.7 Å². The first-order valence-electron chi connectivity index (χ1n) is 9.23. The number of ether oxygens (including phenoxy) is 1. The Kier molecular flexibility index (Phi) is 6.45. The summed E-state index contributed by atoms with van der Waals surface area (Å²) in [6.45, 7) is 0. The number of hydrogen-bond acceptors (Lipinski definition) is 8. The first-order chi connectivity index (χ1) is 15.2. The maximum Gasteiger partial charge on any atom is 0.338 e. The van der Waals surface area contributed by atoms with Crippen molar-refractivity contribution >= 4 is 24.1 Å². The summed E-state index contributed by atoms with van der Waals surface area (Å²) in [6, 6.07) is 12.5. The van der Waals surface area contributed by atoms with Crippen LogP contribution in [-0.2, 0) is 14.3 Å². The molecule has 0 saturated carbocycles. The first-order valence-corrected chi connectivity index (χ1v) is 9.23. The number of hydrogen-bond donors (Lipinski definition) is 5. The summed E-state index contributed by atoms with van der Waals surface area (Å²) in [5.74, 6) is -3.37. The third kappa shape index (κ3) is 5.25. The largest absolute Gasteiger partial charge is 0.508 e. The van der Waals surface area contributed by atoms with Gasteiger partial charge in [0.05, 0.1) is 0 Å². The van der Waals surface area contributed by atoms with Crippen molar-refractivity contribution in [3.8, 4) is 39.9 Å². The molecule has 3 aromatic carbocycles. The smallest absolute Gasteiger partial charge is 0.338 e. The maximum absolute atomic E-state index is 12.0. The Labute approximate surface area is 182 Å². The summed E-state index contributed by atoms with van der Waals surface area (Å²) in [5.41, 5.74) is 1.44. The number of esters is 2. The summed E-state index contributed by atoms with van der Waals surface area (Å²) in [7, 11) is 0. The SMILES string of the molecule is O=C(C=Cc1ccc(O)c(O)c1)OC(=O)C=Cc1ccc(O)c(O)c1-c1ccc(O)cc1. The Hall–Kier alpha value is -4.72. The molecule has 5 N–H and O–H groups in total. The van der Waals surface area contributed by atoms with Crippen LogP contribution in [0.4, 0.5) is 0 Å². The second-order valence-corrected chi connectivity index (χ2v) is 6.60. The van der Waals surface area contributed by atoms with Crippen LogP contribution in [0.1, 0.15) is 11.1 Å². The van der Waals surface area contributed by atoms with Crippen molar-refractivity contribution < 1.29 is 39.9 Å². The van der Waals surface area contributed by atoms with Crippen molar-refractivity contribution in [2.45, 2.75) is 0 Å². The molecule has 0 aliphatic heterocycles. The van der Waals surface area contributed by atoms with Gasteiger partial charge in [0, 0.05) is 17.7 Å². The molecular formula is C24H18O8. The molecule has 0 radical (unpaired) electrons. The van der Waals surface area contributed by atoms with Gasteiger partial charge in [-0.25, -0.2) is 9.59 Å². The minimum Gasteiger partial charge on any atom is -0.508 e. The van der Waals surface area contributed by atoms with Crippen LogP contribution in [-0.4, -0.2) is 37.5 Å². The van der Waals surface area contributed by atoms with Crippen molar-refractivity contribution in [3.63, 3.8) is 0 Å². The van der Waals surface area contributed by atoms with E-state index in [1.54, 1.807) is 0 Å². The van der Waals surface area contributed by atoms with E-state index in [2.05, 4.69) is 4.74 Å². The molecule has 0 spiro atoms. The van der Waals surface area contributed by atoms with Gasteiger partial charge in [-0.05, 0) is 59.2 Å². The number of benzene rings is 3. The molecule has 0 saturated heterocycles. The van der Waals surface area contributed by atoms with Gasteiger partial charge in [-0.3, -0.25) is 0 Å². The molecule has 8 heteroatoms. The van der Waals surface area contributed by atoms with Gasteiger partial charge in [0.2, 0.25) is 0 Å². The predicted octanol–water partition coefficient (Wildman–Crippen LogP) is 3.68. The molecule has 32 heavy (non-hydrogen) atoms. The zero-order valence-corrected chi connectivity index (χ0v) is 16.5. The fourth-order valence-corrected chi connectivity index (χ4v) is 2.80. The topological polar surface area (TPSA) is 145 Å². The molecule has 0 unspecified atom stereocenters. The van der Waals surface area contributed by atoms with E-state index >= 15 is 0 Å². The average molecular weight is 434 g/mol. The van der Waals surface area contributed by atoms with E-state index in [9.17, 15) is 35.1 Å². The van der Waals surface area contributed by atoms with Crippen molar-refractivity contribution in [3.05, 3.63) is 77.9 Å². The molecule has 0 amide bonds. The van der Waals surface area contributed by atoms with Crippen LogP contribution < -0.4 is 0 Å². The highest BCUT2D eigenvalue weighted by Gasteiger charge is 2.14. The van der Waals surface area contributed by atoms with E-state index in [-0.39, 0.29) is 28.6 Å². The molecule has 0 heterocycles. The Balaban J connectivity index is 1.74. The maximum atomic E-state index is 12.0. The van der Waals surface area contributed by atoms with E-state index in [0.29, 0.717) is 16.7 Å². The van der Waals surface area contributed by atoms with Crippen LogP contribution in [0.3, 0.4) is 0 Å². The fourth-order valence-electron chi connectivity index (χ4n) is 2.80. The molecule has 0 fully saturated rings. The van der Waals surface area contributed by atoms with E-state index in [0.717, 1.165) is 12.2 Å². The third-order valence-corrected chi connectivity index (χ3v) is 4.36. The molecule has 0 atom stereocenters. The highest BCUT2D eigenvalue weighted by atomic mass is 16.6. The van der Waals surface area contributed by atoms with Gasteiger partial charge in [0.25, 0.3) is 0 Å². The standard InChI is InChI=1S/C24H18O8/c25-17-7-3-15(4-8-17)23-16(5-10-19(27)24(23)31)6-12-22(30)32-21(29)11-2-14-1-9-18(26)20(28)13-14/h1-13,25-28,31H. The zero-order chi connectivity index (χ0) is 23.3. The van der Waals surface area contributed by atoms with Crippen molar-refractivity contribution in [1.82, 2.24) is 0 Å². The summed E-state index contributed by atoms with van der Waals surface area (Å²) in [5, 5.41) is 48.2. The van der Waals surface area contributed by atoms with Gasteiger partial charge in [-0.15, -0.1) is 0 Å². The quantitative estimate of drug-likeness (QED) is 0.177. The normalized spacial score (nSPS) is 11.1. The fraction of sp³-hybridized carbons (Fsp3) is 0. The molecule has 0 bridgehead atoms. The first kappa shape index (κ1) is 22.0. The Morgan fingerprint density at radius 3 is 1.97 bits per heavy atom. The summed E-state index contributed by atoms with van der Waals surface area (Å²) < 4.78 is 4.65. The lowest BCUT2D eigenvalue weighted by Crippen LogP contribution is -2.06. The predicted molar refractivity (Wildman–Crippen MR) is 116 cm³/mol. The minimum absolute atomic E-state index is 0.0168. The van der Waals surface area contributed by atoms with Crippen molar-refractivity contribution in [2.24, 2.45) is 0 Å². The molecule has 3 rings (SSSR count). The molecule has 8 nitrogen and oxygen atoms in total. The number of carbonyl (C=O) groups excluding carboxylic acids is 2. The lowest BCUT2D eigenvalue weighted by molar-refractivity contribution is -0.152. The van der Waals surface area contributed by atoms with Gasteiger partial charge in [-0.1, -0.05) is 24.3 Å². The van der Waals surface area contributed by atoms with Gasteiger partial charge in [-0.2, -0.15) is 0 Å². The lowest BCUT2D eigenvalue weighted by Gasteiger charge is -2.10. The minimum atomic E-state index is -0.975. The van der Waals surface area contributed by atoms with Crippen molar-refractivity contribution in [1.29, 1.82) is 0 Å². The Morgan fingerprint density at radius 1 is 0.688 bits per heavy atom. The van der Waals surface area contributed by atoms with Gasteiger partial charge in [0.1, 0.15) is 5.75 Å². The monoisotopic (exact) mass is 434 g/mol. The molecule has 0 aliphatic carbocycles.